The predicted octanol–water partition coefficient (Wildman–Crippen LogP) is 3.98. The largest absolute Gasteiger partial charge is 0.370 e. The molecule has 2 fully saturated rings. The molecule has 0 bridgehead atoms. The Labute approximate surface area is 176 Å². The first-order valence-corrected chi connectivity index (χ1v) is 10.9. The van der Waals surface area contributed by atoms with Crippen molar-refractivity contribution in [1.82, 2.24) is 10.2 Å². The number of benzene rings is 1. The van der Waals surface area contributed by atoms with Crippen molar-refractivity contribution in [1.29, 1.82) is 0 Å². The SMILES string of the molecule is Cl.O=C([C@@H]1CCCN1)N1CCC2(CC1)OCCc1sc(-c3ccccc3)cc12. The summed E-state index contributed by atoms with van der Waals surface area (Å²) < 4.78 is 6.39. The normalized spacial score (nSPS) is 23.3. The summed E-state index contributed by atoms with van der Waals surface area (Å²) in [5, 5.41) is 3.34. The number of amides is 1. The summed E-state index contributed by atoms with van der Waals surface area (Å²) in [7, 11) is 0. The van der Waals surface area contributed by atoms with E-state index in [4.69, 9.17) is 4.74 Å². The lowest BCUT2D eigenvalue weighted by molar-refractivity contribution is -0.142. The lowest BCUT2D eigenvalue weighted by atomic mass is 9.82. The molecule has 1 spiro atoms. The molecule has 5 rings (SSSR count). The molecular formula is C22H27ClN2O2S. The Kier molecular flexibility index (Phi) is 5.79. The van der Waals surface area contributed by atoms with Crippen LogP contribution in [-0.4, -0.2) is 43.1 Å². The van der Waals surface area contributed by atoms with Gasteiger partial charge in [0.1, 0.15) is 0 Å². The number of likely N-dealkylation sites (tertiary alicyclic amines) is 1. The highest BCUT2D eigenvalue weighted by atomic mass is 35.5. The molecule has 1 N–H and O–H groups in total. The summed E-state index contributed by atoms with van der Waals surface area (Å²) in [6, 6.07) is 13.0. The zero-order chi connectivity index (χ0) is 18.3. The van der Waals surface area contributed by atoms with Gasteiger partial charge in [-0.1, -0.05) is 30.3 Å². The van der Waals surface area contributed by atoms with Crippen molar-refractivity contribution >= 4 is 29.7 Å². The highest BCUT2D eigenvalue weighted by Gasteiger charge is 2.43. The van der Waals surface area contributed by atoms with Gasteiger partial charge < -0.3 is 15.0 Å². The molecule has 1 amide bonds. The minimum Gasteiger partial charge on any atom is -0.370 e. The minimum absolute atomic E-state index is 0. The third-order valence-electron chi connectivity index (χ3n) is 6.31. The summed E-state index contributed by atoms with van der Waals surface area (Å²) in [5.74, 6) is 0.286. The van der Waals surface area contributed by atoms with E-state index >= 15 is 0 Å². The lowest BCUT2D eigenvalue weighted by Gasteiger charge is -2.44. The molecule has 0 radical (unpaired) electrons. The van der Waals surface area contributed by atoms with Gasteiger partial charge in [0.15, 0.2) is 0 Å². The van der Waals surface area contributed by atoms with Gasteiger partial charge >= 0.3 is 0 Å². The fourth-order valence-electron chi connectivity index (χ4n) is 4.78. The molecule has 0 saturated carbocycles. The molecule has 150 valence electrons. The second-order valence-electron chi connectivity index (χ2n) is 7.88. The van der Waals surface area contributed by atoms with Crippen molar-refractivity contribution in [3.63, 3.8) is 0 Å². The number of thiophene rings is 1. The molecule has 1 aromatic carbocycles. The number of carbonyl (C=O) groups excluding carboxylic acids is 1. The molecule has 2 aromatic rings. The van der Waals surface area contributed by atoms with E-state index < -0.39 is 0 Å². The first-order chi connectivity index (χ1) is 13.3. The van der Waals surface area contributed by atoms with Crippen LogP contribution < -0.4 is 5.32 Å². The van der Waals surface area contributed by atoms with Gasteiger partial charge in [-0.15, -0.1) is 23.7 Å². The second kappa shape index (κ2) is 8.15. The number of ether oxygens (including phenoxy) is 1. The summed E-state index contributed by atoms with van der Waals surface area (Å²) in [4.78, 5) is 17.6. The third kappa shape index (κ3) is 3.50. The standard InChI is InChI=1S/C22H26N2O2S.ClH/c25-21(18-7-4-11-23-18)24-12-9-22(10-13-24)17-15-20(16-5-2-1-3-6-16)27-19(17)8-14-26-22;/h1-3,5-6,15,18,23H,4,7-14H2;1H/t18-;/m0./s1. The van der Waals surface area contributed by atoms with Gasteiger partial charge in [-0.2, -0.15) is 0 Å². The van der Waals surface area contributed by atoms with E-state index in [0.29, 0.717) is 0 Å². The summed E-state index contributed by atoms with van der Waals surface area (Å²) in [6.45, 7) is 3.36. The molecule has 3 aliphatic heterocycles. The number of nitrogens with zero attached hydrogens (tertiary/aromatic N) is 1. The topological polar surface area (TPSA) is 41.6 Å². The maximum Gasteiger partial charge on any atom is 0.239 e. The van der Waals surface area contributed by atoms with Crippen molar-refractivity contribution in [2.45, 2.75) is 43.7 Å². The molecule has 0 unspecified atom stereocenters. The van der Waals surface area contributed by atoms with E-state index in [-0.39, 0.29) is 30.0 Å². The van der Waals surface area contributed by atoms with Gasteiger partial charge in [0.2, 0.25) is 5.91 Å². The van der Waals surface area contributed by atoms with E-state index in [1.165, 1.54) is 20.9 Å². The summed E-state index contributed by atoms with van der Waals surface area (Å²) >= 11 is 1.91. The summed E-state index contributed by atoms with van der Waals surface area (Å²) in [6.07, 6.45) is 4.90. The second-order valence-corrected chi connectivity index (χ2v) is 9.02. The highest BCUT2D eigenvalue weighted by molar-refractivity contribution is 7.15. The lowest BCUT2D eigenvalue weighted by Crippen LogP contribution is -2.51. The maximum atomic E-state index is 12.7. The smallest absolute Gasteiger partial charge is 0.239 e. The van der Waals surface area contributed by atoms with Gasteiger partial charge in [-0.3, -0.25) is 4.79 Å². The molecule has 4 heterocycles. The van der Waals surface area contributed by atoms with Crippen molar-refractivity contribution in [2.24, 2.45) is 0 Å². The monoisotopic (exact) mass is 418 g/mol. The van der Waals surface area contributed by atoms with Gasteiger partial charge in [0.25, 0.3) is 0 Å². The van der Waals surface area contributed by atoms with Crippen LogP contribution in [0.3, 0.4) is 0 Å². The number of carbonyl (C=O) groups is 1. The van der Waals surface area contributed by atoms with Crippen LogP contribution in [0.1, 0.15) is 36.1 Å². The molecule has 2 saturated heterocycles. The molecule has 0 aliphatic carbocycles. The van der Waals surface area contributed by atoms with Crippen LogP contribution in [0.4, 0.5) is 0 Å². The minimum atomic E-state index is -0.197. The average molecular weight is 419 g/mol. The van der Waals surface area contributed by atoms with Crippen LogP contribution in [0.25, 0.3) is 10.4 Å². The molecule has 6 heteroatoms. The average Bonchev–Trinajstić information content (AvgIpc) is 3.40. The number of fused-ring (bicyclic) bond motifs is 2. The van der Waals surface area contributed by atoms with Crippen molar-refractivity contribution in [3.8, 4) is 10.4 Å². The Morgan fingerprint density at radius 2 is 2.00 bits per heavy atom. The van der Waals surface area contributed by atoms with Crippen molar-refractivity contribution < 1.29 is 9.53 Å². The maximum absolute atomic E-state index is 12.7. The van der Waals surface area contributed by atoms with Crippen LogP contribution in [0.15, 0.2) is 36.4 Å². The van der Waals surface area contributed by atoms with E-state index in [1.807, 2.05) is 11.3 Å². The Morgan fingerprint density at radius 3 is 2.71 bits per heavy atom. The Bertz CT molecular complexity index is 824. The van der Waals surface area contributed by atoms with E-state index in [2.05, 4.69) is 46.6 Å². The Hall–Kier alpha value is -1.40. The van der Waals surface area contributed by atoms with Gasteiger partial charge in [0.05, 0.1) is 18.2 Å². The number of halogens is 1. The number of hydrogen-bond donors (Lipinski definition) is 1. The van der Waals surface area contributed by atoms with Crippen LogP contribution in [0.5, 0.6) is 0 Å². The quantitative estimate of drug-likeness (QED) is 0.802. The molecule has 3 aliphatic rings. The fraction of sp³-hybridized carbons (Fsp3) is 0.500. The molecule has 1 atom stereocenters. The molecule has 1 aromatic heterocycles. The number of piperidine rings is 1. The van der Waals surface area contributed by atoms with Gasteiger partial charge in [-0.25, -0.2) is 0 Å². The summed E-state index contributed by atoms with van der Waals surface area (Å²) in [5.41, 5.74) is 2.47. The highest BCUT2D eigenvalue weighted by Crippen LogP contribution is 2.46. The number of rotatable bonds is 2. The molecular weight excluding hydrogens is 392 g/mol. The van der Waals surface area contributed by atoms with Crippen LogP contribution in [-0.2, 0) is 21.6 Å². The van der Waals surface area contributed by atoms with E-state index in [0.717, 1.165) is 58.3 Å². The number of hydrogen-bond acceptors (Lipinski definition) is 4. The van der Waals surface area contributed by atoms with E-state index in [1.54, 1.807) is 0 Å². The predicted molar refractivity (Wildman–Crippen MR) is 115 cm³/mol. The van der Waals surface area contributed by atoms with Crippen LogP contribution in [0, 0.1) is 0 Å². The Morgan fingerprint density at radius 1 is 1.21 bits per heavy atom. The zero-order valence-electron chi connectivity index (χ0n) is 16.0. The third-order valence-corrected chi connectivity index (χ3v) is 7.55. The fourth-order valence-corrected chi connectivity index (χ4v) is 6.02. The van der Waals surface area contributed by atoms with E-state index in [9.17, 15) is 4.79 Å². The van der Waals surface area contributed by atoms with Gasteiger partial charge in [0, 0.05) is 29.3 Å². The Balaban J connectivity index is 0.00000192. The first kappa shape index (κ1) is 19.9. The van der Waals surface area contributed by atoms with Crippen molar-refractivity contribution in [2.75, 3.05) is 26.2 Å². The molecule has 4 nitrogen and oxygen atoms in total. The number of nitrogens with one attached hydrogen (secondary N) is 1. The van der Waals surface area contributed by atoms with Crippen LogP contribution in [0.2, 0.25) is 0 Å². The zero-order valence-corrected chi connectivity index (χ0v) is 17.6. The molecule has 28 heavy (non-hydrogen) atoms. The van der Waals surface area contributed by atoms with Gasteiger partial charge in [-0.05, 0) is 49.4 Å². The van der Waals surface area contributed by atoms with Crippen molar-refractivity contribution in [3.05, 3.63) is 46.8 Å². The first-order valence-electron chi connectivity index (χ1n) is 10.1. The van der Waals surface area contributed by atoms with Crippen LogP contribution >= 0.6 is 23.7 Å².